The average molecular weight is 343 g/mol. The Balaban J connectivity index is 1.77. The molecule has 1 fully saturated rings. The van der Waals surface area contributed by atoms with Crippen molar-refractivity contribution in [1.82, 2.24) is 24.5 Å². The number of hydrogen-bond donors (Lipinski definition) is 1. The molecular formula is C18H25N5O2. The van der Waals surface area contributed by atoms with Gasteiger partial charge in [-0.2, -0.15) is 5.10 Å². The molecule has 25 heavy (non-hydrogen) atoms. The van der Waals surface area contributed by atoms with Crippen molar-refractivity contribution in [3.05, 3.63) is 52.5 Å². The Morgan fingerprint density at radius 3 is 3.00 bits per heavy atom. The number of nitrogens with zero attached hydrogens (tertiary/aromatic N) is 4. The number of hydrogen-bond acceptors (Lipinski definition) is 5. The van der Waals surface area contributed by atoms with Crippen LogP contribution in [0.5, 0.6) is 0 Å². The predicted molar refractivity (Wildman–Crippen MR) is 96.9 cm³/mol. The van der Waals surface area contributed by atoms with Crippen LogP contribution >= 0.6 is 0 Å². The summed E-state index contributed by atoms with van der Waals surface area (Å²) in [6.45, 7) is 6.46. The van der Waals surface area contributed by atoms with Crippen LogP contribution in [0.3, 0.4) is 0 Å². The molecule has 1 aliphatic rings. The summed E-state index contributed by atoms with van der Waals surface area (Å²) < 4.78 is 7.27. The van der Waals surface area contributed by atoms with E-state index in [4.69, 9.17) is 4.74 Å². The van der Waals surface area contributed by atoms with Crippen molar-refractivity contribution >= 4 is 5.52 Å². The molecule has 134 valence electrons. The van der Waals surface area contributed by atoms with Gasteiger partial charge in [0.2, 0.25) is 0 Å². The van der Waals surface area contributed by atoms with E-state index in [1.165, 1.54) is 0 Å². The summed E-state index contributed by atoms with van der Waals surface area (Å²) in [6.07, 6.45) is 10.8. The molecule has 0 bridgehead atoms. The molecule has 0 amide bonds. The second-order valence-corrected chi connectivity index (χ2v) is 6.32. The highest BCUT2D eigenvalue weighted by Crippen LogP contribution is 2.27. The molecule has 1 saturated heterocycles. The van der Waals surface area contributed by atoms with Crippen LogP contribution in [0.4, 0.5) is 0 Å². The Morgan fingerprint density at radius 1 is 1.40 bits per heavy atom. The highest BCUT2D eigenvalue weighted by molar-refractivity contribution is 5.41. The minimum absolute atomic E-state index is 0.0175. The van der Waals surface area contributed by atoms with E-state index in [0.29, 0.717) is 17.2 Å². The summed E-state index contributed by atoms with van der Waals surface area (Å²) in [4.78, 5) is 21.7. The Kier molecular flexibility index (Phi) is 5.45. The van der Waals surface area contributed by atoms with Crippen LogP contribution in [0.25, 0.3) is 5.52 Å². The lowest BCUT2D eigenvalue weighted by atomic mass is 10.1. The molecule has 0 radical (unpaired) electrons. The number of imidazole rings is 1. The SMILES string of the molecule is C/C=C\C=C/CCN1CC(OC)C(c2nn3c(C)ncc3c(=O)[nH]2)C1. The van der Waals surface area contributed by atoms with Crippen molar-refractivity contribution in [2.75, 3.05) is 26.7 Å². The van der Waals surface area contributed by atoms with Crippen molar-refractivity contribution in [2.24, 2.45) is 0 Å². The molecule has 2 unspecified atom stereocenters. The first kappa shape index (κ1) is 17.6. The molecule has 2 aromatic rings. The molecule has 1 aliphatic heterocycles. The van der Waals surface area contributed by atoms with Gasteiger partial charge in [0.15, 0.2) is 5.52 Å². The predicted octanol–water partition coefficient (Wildman–Crippen LogP) is 1.66. The van der Waals surface area contributed by atoms with Crippen LogP contribution < -0.4 is 5.56 Å². The molecule has 0 saturated carbocycles. The number of H-pyrrole nitrogens is 1. The number of methoxy groups -OCH3 is 1. The molecule has 7 heteroatoms. The zero-order valence-corrected chi connectivity index (χ0v) is 15.0. The number of fused-ring (bicyclic) bond motifs is 1. The fourth-order valence-electron chi connectivity index (χ4n) is 3.28. The van der Waals surface area contributed by atoms with E-state index in [1.807, 2.05) is 26.0 Å². The van der Waals surface area contributed by atoms with Gasteiger partial charge in [-0.1, -0.05) is 24.3 Å². The largest absolute Gasteiger partial charge is 0.379 e. The number of aryl methyl sites for hydroxylation is 1. The van der Waals surface area contributed by atoms with E-state index >= 15 is 0 Å². The third kappa shape index (κ3) is 3.72. The van der Waals surface area contributed by atoms with Gasteiger partial charge < -0.3 is 9.72 Å². The summed E-state index contributed by atoms with van der Waals surface area (Å²) in [5.41, 5.74) is 0.312. The molecule has 0 aliphatic carbocycles. The lowest BCUT2D eigenvalue weighted by Gasteiger charge is -2.15. The van der Waals surface area contributed by atoms with Gasteiger partial charge in [-0.3, -0.25) is 9.69 Å². The second-order valence-electron chi connectivity index (χ2n) is 6.32. The Hall–Kier alpha value is -2.25. The Bertz CT molecular complexity index is 836. The van der Waals surface area contributed by atoms with E-state index in [0.717, 1.165) is 26.1 Å². The van der Waals surface area contributed by atoms with E-state index < -0.39 is 0 Å². The van der Waals surface area contributed by atoms with Gasteiger partial charge in [-0.15, -0.1) is 0 Å². The van der Waals surface area contributed by atoms with Crippen molar-refractivity contribution < 1.29 is 4.74 Å². The summed E-state index contributed by atoms with van der Waals surface area (Å²) in [5.74, 6) is 1.42. The molecule has 1 N–H and O–H groups in total. The maximum Gasteiger partial charge on any atom is 0.276 e. The standard InChI is InChI=1S/C18H25N5O2/c1-4-5-6-7-8-9-22-11-14(16(12-22)25-3)17-20-18(24)15-10-19-13(2)23(15)21-17/h4-7,10,14,16H,8-9,11-12H2,1-3H3,(H,20,21,24)/b5-4-,7-6-. The highest BCUT2D eigenvalue weighted by Gasteiger charge is 2.35. The van der Waals surface area contributed by atoms with E-state index in [2.05, 4.69) is 32.1 Å². The first-order valence-electron chi connectivity index (χ1n) is 8.61. The van der Waals surface area contributed by atoms with Crippen LogP contribution in [0.1, 0.15) is 30.9 Å². The van der Waals surface area contributed by atoms with Crippen LogP contribution in [0, 0.1) is 6.92 Å². The first-order valence-corrected chi connectivity index (χ1v) is 8.61. The number of allylic oxidation sites excluding steroid dienone is 3. The minimum Gasteiger partial charge on any atom is -0.379 e. The van der Waals surface area contributed by atoms with Crippen molar-refractivity contribution in [3.63, 3.8) is 0 Å². The number of nitrogens with one attached hydrogen (secondary N) is 1. The Labute approximate surface area is 147 Å². The highest BCUT2D eigenvalue weighted by atomic mass is 16.5. The topological polar surface area (TPSA) is 75.5 Å². The van der Waals surface area contributed by atoms with Crippen LogP contribution in [-0.4, -0.2) is 57.3 Å². The van der Waals surface area contributed by atoms with Crippen molar-refractivity contribution in [3.8, 4) is 0 Å². The molecule has 3 heterocycles. The van der Waals surface area contributed by atoms with Gasteiger partial charge in [-0.25, -0.2) is 9.50 Å². The van der Waals surface area contributed by atoms with Crippen LogP contribution in [0.2, 0.25) is 0 Å². The van der Waals surface area contributed by atoms with Crippen molar-refractivity contribution in [2.45, 2.75) is 32.3 Å². The Morgan fingerprint density at radius 2 is 2.24 bits per heavy atom. The van der Waals surface area contributed by atoms with E-state index in [-0.39, 0.29) is 17.6 Å². The molecule has 2 aromatic heterocycles. The van der Waals surface area contributed by atoms with Gasteiger partial charge >= 0.3 is 0 Å². The molecule has 0 aromatic carbocycles. The minimum atomic E-state index is -0.159. The fraction of sp³-hybridized carbons (Fsp3) is 0.500. The van der Waals surface area contributed by atoms with Gasteiger partial charge in [0.25, 0.3) is 5.56 Å². The number of aromatic nitrogens is 4. The van der Waals surface area contributed by atoms with Gasteiger partial charge in [0.1, 0.15) is 11.6 Å². The summed E-state index contributed by atoms with van der Waals surface area (Å²) >= 11 is 0. The second kappa shape index (κ2) is 7.76. The smallest absolute Gasteiger partial charge is 0.276 e. The van der Waals surface area contributed by atoms with Gasteiger partial charge in [-0.05, 0) is 20.3 Å². The molecule has 0 spiro atoms. The quantitative estimate of drug-likeness (QED) is 0.808. The van der Waals surface area contributed by atoms with Crippen LogP contribution in [0.15, 0.2) is 35.3 Å². The summed E-state index contributed by atoms with van der Waals surface area (Å²) in [7, 11) is 1.71. The maximum atomic E-state index is 12.3. The number of ether oxygens (including phenoxy) is 1. The summed E-state index contributed by atoms with van der Waals surface area (Å²) in [5, 5.41) is 4.60. The molecular weight excluding hydrogens is 318 g/mol. The normalized spacial score (nSPS) is 22.0. The third-order valence-electron chi connectivity index (χ3n) is 4.64. The third-order valence-corrected chi connectivity index (χ3v) is 4.64. The number of likely N-dealkylation sites (tertiary alicyclic amines) is 1. The zero-order chi connectivity index (χ0) is 17.8. The number of rotatable bonds is 6. The van der Waals surface area contributed by atoms with Crippen LogP contribution in [-0.2, 0) is 4.74 Å². The lowest BCUT2D eigenvalue weighted by molar-refractivity contribution is 0.0953. The first-order chi connectivity index (χ1) is 12.1. The van der Waals surface area contributed by atoms with Crippen molar-refractivity contribution in [1.29, 1.82) is 0 Å². The molecule has 3 rings (SSSR count). The molecule has 7 nitrogen and oxygen atoms in total. The molecule has 2 atom stereocenters. The fourth-order valence-corrected chi connectivity index (χ4v) is 3.28. The van der Waals surface area contributed by atoms with E-state index in [1.54, 1.807) is 17.8 Å². The summed E-state index contributed by atoms with van der Waals surface area (Å²) in [6, 6.07) is 0. The average Bonchev–Trinajstić information content (AvgIpc) is 3.19. The van der Waals surface area contributed by atoms with E-state index in [9.17, 15) is 4.79 Å². The number of aromatic amines is 1. The van der Waals surface area contributed by atoms with Gasteiger partial charge in [0.05, 0.1) is 18.2 Å². The van der Waals surface area contributed by atoms with Gasteiger partial charge in [0, 0.05) is 26.7 Å². The maximum absolute atomic E-state index is 12.3. The zero-order valence-electron chi connectivity index (χ0n) is 15.0. The monoisotopic (exact) mass is 343 g/mol. The lowest BCUT2D eigenvalue weighted by Crippen LogP contribution is -2.25.